The summed E-state index contributed by atoms with van der Waals surface area (Å²) in [5, 5.41) is 12.1. The van der Waals surface area contributed by atoms with Gasteiger partial charge in [-0.25, -0.2) is 13.1 Å². The van der Waals surface area contributed by atoms with Gasteiger partial charge in [-0.3, -0.25) is 4.79 Å². The molecule has 0 saturated carbocycles. The van der Waals surface area contributed by atoms with Crippen molar-refractivity contribution in [3.05, 3.63) is 58.5 Å². The predicted octanol–water partition coefficient (Wildman–Crippen LogP) is 2.13. The Morgan fingerprint density at radius 2 is 2.14 bits per heavy atom. The molecule has 0 spiro atoms. The van der Waals surface area contributed by atoms with Crippen LogP contribution in [0.3, 0.4) is 0 Å². The molecule has 4 N–H and O–H groups in total. The lowest BCUT2D eigenvalue weighted by Crippen LogP contribution is -2.28. The van der Waals surface area contributed by atoms with E-state index in [0.29, 0.717) is 10.6 Å². The number of nitrogens with two attached hydrogens (primary N) is 1. The normalized spacial score (nSPS) is 12.6. The van der Waals surface area contributed by atoms with Crippen LogP contribution in [0.4, 0.5) is 0 Å². The maximum Gasteiger partial charge on any atom is 0.252 e. The first-order valence-electron chi connectivity index (χ1n) is 8.09. The van der Waals surface area contributed by atoms with Crippen molar-refractivity contribution in [2.75, 3.05) is 13.7 Å². The summed E-state index contributed by atoms with van der Waals surface area (Å²) in [5.74, 6) is 0.0287. The smallest absolute Gasteiger partial charge is 0.252 e. The van der Waals surface area contributed by atoms with E-state index in [1.807, 2.05) is 5.38 Å². The largest absolute Gasteiger partial charge is 0.496 e. The second-order valence-corrected chi connectivity index (χ2v) is 8.52. The van der Waals surface area contributed by atoms with Gasteiger partial charge in [-0.2, -0.15) is 0 Å². The molecule has 10 heteroatoms. The van der Waals surface area contributed by atoms with Crippen LogP contribution in [0.1, 0.15) is 21.3 Å². The number of hydrogen-bond acceptors (Lipinski definition) is 7. The molecule has 28 heavy (non-hydrogen) atoms. The molecule has 1 atom stereocenters. The van der Waals surface area contributed by atoms with Crippen LogP contribution < -0.4 is 15.2 Å². The zero-order valence-electron chi connectivity index (χ0n) is 14.8. The van der Waals surface area contributed by atoms with Gasteiger partial charge in [-0.1, -0.05) is 0 Å². The Morgan fingerprint density at radius 1 is 1.36 bits per heavy atom. The van der Waals surface area contributed by atoms with Crippen molar-refractivity contribution in [3.8, 4) is 17.1 Å². The number of aliphatic hydroxyl groups is 1. The van der Waals surface area contributed by atoms with E-state index in [1.165, 1.54) is 30.6 Å². The van der Waals surface area contributed by atoms with E-state index in [0.717, 1.165) is 11.6 Å². The van der Waals surface area contributed by atoms with Crippen LogP contribution in [0.2, 0.25) is 0 Å². The van der Waals surface area contributed by atoms with Gasteiger partial charge in [0.25, 0.3) is 5.91 Å². The summed E-state index contributed by atoms with van der Waals surface area (Å²) in [6, 6.07) is 9.06. The van der Waals surface area contributed by atoms with E-state index in [1.54, 1.807) is 24.5 Å². The van der Waals surface area contributed by atoms with Crippen molar-refractivity contribution < 1.29 is 27.5 Å². The van der Waals surface area contributed by atoms with Crippen LogP contribution in [0.15, 0.2) is 57.4 Å². The number of sulfonamides is 1. The minimum absolute atomic E-state index is 0.0488. The number of benzene rings is 1. The summed E-state index contributed by atoms with van der Waals surface area (Å²) in [6.07, 6.45) is 0.504. The van der Waals surface area contributed by atoms with E-state index < -0.39 is 22.0 Å². The van der Waals surface area contributed by atoms with E-state index in [-0.39, 0.29) is 22.8 Å². The third kappa shape index (κ3) is 4.25. The molecule has 3 rings (SSSR count). The van der Waals surface area contributed by atoms with Crippen molar-refractivity contribution in [3.63, 3.8) is 0 Å². The number of methoxy groups -OCH3 is 1. The minimum Gasteiger partial charge on any atom is -0.496 e. The van der Waals surface area contributed by atoms with Crippen molar-refractivity contribution in [2.24, 2.45) is 5.73 Å². The van der Waals surface area contributed by atoms with Gasteiger partial charge >= 0.3 is 0 Å². The number of rotatable bonds is 8. The standard InChI is InChI=1S/C18H18N2O6S2/c1-25-16-5-4-12(8-13(16)18(19)22)28(23,24)20-9-14(21)17-7-11(10-27-17)15-3-2-6-26-15/h2-8,10,14,20-21H,9H2,1H3,(H2,19,22). The minimum atomic E-state index is -3.97. The van der Waals surface area contributed by atoms with Crippen LogP contribution in [0, 0.1) is 0 Å². The number of furan rings is 1. The molecule has 0 saturated heterocycles. The molecule has 148 valence electrons. The number of nitrogens with one attached hydrogen (secondary N) is 1. The van der Waals surface area contributed by atoms with Crippen LogP contribution in [-0.4, -0.2) is 33.1 Å². The highest BCUT2D eigenvalue weighted by Crippen LogP contribution is 2.29. The topological polar surface area (TPSA) is 132 Å². The molecule has 0 bridgehead atoms. The number of carbonyl (C=O) groups excluding carboxylic acids is 1. The van der Waals surface area contributed by atoms with E-state index in [4.69, 9.17) is 14.9 Å². The van der Waals surface area contributed by atoms with E-state index in [2.05, 4.69) is 4.72 Å². The molecule has 2 aromatic heterocycles. The van der Waals surface area contributed by atoms with E-state index in [9.17, 15) is 18.3 Å². The maximum atomic E-state index is 12.5. The van der Waals surface area contributed by atoms with Gasteiger partial charge in [-0.15, -0.1) is 11.3 Å². The first-order valence-corrected chi connectivity index (χ1v) is 10.5. The van der Waals surface area contributed by atoms with Gasteiger partial charge < -0.3 is 20.0 Å². The molecule has 3 aromatic rings. The highest BCUT2D eigenvalue weighted by Gasteiger charge is 2.21. The molecular weight excluding hydrogens is 404 g/mol. The third-order valence-electron chi connectivity index (χ3n) is 3.97. The van der Waals surface area contributed by atoms with Crippen molar-refractivity contribution in [1.29, 1.82) is 0 Å². The molecule has 1 amide bonds. The molecule has 1 aromatic carbocycles. The molecule has 0 fully saturated rings. The molecule has 0 aliphatic carbocycles. The predicted molar refractivity (Wildman–Crippen MR) is 104 cm³/mol. The highest BCUT2D eigenvalue weighted by molar-refractivity contribution is 7.89. The van der Waals surface area contributed by atoms with Gasteiger partial charge in [0.05, 0.1) is 23.8 Å². The zero-order chi connectivity index (χ0) is 20.3. The molecule has 0 aliphatic rings. The summed E-state index contributed by atoms with van der Waals surface area (Å²) in [4.78, 5) is 11.9. The summed E-state index contributed by atoms with van der Waals surface area (Å²) >= 11 is 1.29. The Labute approximate surface area is 165 Å². The maximum absolute atomic E-state index is 12.5. The Kier molecular flexibility index (Phi) is 5.84. The number of carbonyl (C=O) groups is 1. The average Bonchev–Trinajstić information content (AvgIpc) is 3.36. The quantitative estimate of drug-likeness (QED) is 0.509. The van der Waals surface area contributed by atoms with E-state index >= 15 is 0 Å². The SMILES string of the molecule is COc1ccc(S(=O)(=O)NCC(O)c2cc(-c3ccco3)cs2)cc1C(N)=O. The average molecular weight is 422 g/mol. The Hall–Kier alpha value is -2.66. The second-order valence-electron chi connectivity index (χ2n) is 5.81. The molecule has 8 nitrogen and oxygen atoms in total. The molecule has 2 heterocycles. The summed E-state index contributed by atoms with van der Waals surface area (Å²) in [6.45, 7) is -0.238. The summed E-state index contributed by atoms with van der Waals surface area (Å²) < 4.78 is 37.6. The van der Waals surface area contributed by atoms with Crippen LogP contribution >= 0.6 is 11.3 Å². The van der Waals surface area contributed by atoms with Crippen molar-refractivity contribution in [2.45, 2.75) is 11.0 Å². The number of amides is 1. The Morgan fingerprint density at radius 3 is 2.79 bits per heavy atom. The second kappa shape index (κ2) is 8.15. The number of aliphatic hydroxyl groups excluding tert-OH is 1. The molecule has 1 unspecified atom stereocenters. The van der Waals surface area contributed by atoms with Crippen molar-refractivity contribution >= 4 is 27.3 Å². The zero-order valence-corrected chi connectivity index (χ0v) is 16.4. The lowest BCUT2D eigenvalue weighted by molar-refractivity contribution is 0.0997. The third-order valence-corrected chi connectivity index (χ3v) is 6.42. The fourth-order valence-electron chi connectivity index (χ4n) is 2.52. The number of primary amides is 1. The highest BCUT2D eigenvalue weighted by atomic mass is 32.2. The fourth-order valence-corrected chi connectivity index (χ4v) is 4.47. The Balaban J connectivity index is 1.73. The van der Waals surface area contributed by atoms with Gasteiger partial charge in [0.15, 0.2) is 0 Å². The molecule has 0 aliphatic heterocycles. The lowest BCUT2D eigenvalue weighted by Gasteiger charge is -2.12. The monoisotopic (exact) mass is 422 g/mol. The summed E-state index contributed by atoms with van der Waals surface area (Å²) in [7, 11) is -2.62. The van der Waals surface area contributed by atoms with Gasteiger partial charge in [-0.05, 0) is 36.4 Å². The number of thiophene rings is 1. The van der Waals surface area contributed by atoms with Gasteiger partial charge in [0.1, 0.15) is 17.6 Å². The van der Waals surface area contributed by atoms with Crippen LogP contribution in [0.5, 0.6) is 5.75 Å². The molecular formula is C18H18N2O6S2. The number of ether oxygens (including phenoxy) is 1. The number of hydrogen-bond donors (Lipinski definition) is 3. The van der Waals surface area contributed by atoms with Gasteiger partial charge in [0, 0.05) is 22.4 Å². The first kappa shape index (κ1) is 20.1. The van der Waals surface area contributed by atoms with Crippen LogP contribution in [-0.2, 0) is 10.0 Å². The fraction of sp³-hybridized carbons (Fsp3) is 0.167. The van der Waals surface area contributed by atoms with Crippen molar-refractivity contribution in [1.82, 2.24) is 4.72 Å². The first-order chi connectivity index (χ1) is 13.3. The Bertz CT molecular complexity index is 1070. The van der Waals surface area contributed by atoms with Gasteiger partial charge in [0.2, 0.25) is 10.0 Å². The van der Waals surface area contributed by atoms with Crippen LogP contribution in [0.25, 0.3) is 11.3 Å². The molecule has 0 radical (unpaired) electrons. The lowest BCUT2D eigenvalue weighted by atomic mass is 10.2. The summed E-state index contributed by atoms with van der Waals surface area (Å²) in [5.41, 5.74) is 6.01.